The maximum Gasteiger partial charge on any atom is 0.268 e. The molecule has 0 aliphatic carbocycles. The molecule has 1 heterocycles. The van der Waals surface area contributed by atoms with Crippen LogP contribution in [-0.2, 0) is 10.0 Å². The number of benzene rings is 2. The Labute approximate surface area is 149 Å². The van der Waals surface area contributed by atoms with Crippen LogP contribution in [0, 0.1) is 0 Å². The van der Waals surface area contributed by atoms with E-state index >= 15 is 0 Å². The van der Waals surface area contributed by atoms with Gasteiger partial charge in [0.05, 0.1) is 16.0 Å². The Hall–Kier alpha value is -3.04. The van der Waals surface area contributed by atoms with E-state index in [1.807, 2.05) is 0 Å². The molecule has 0 saturated heterocycles. The van der Waals surface area contributed by atoms with Crippen molar-refractivity contribution in [1.82, 2.24) is 9.21 Å². The molecular formula is C17H15N3O5S. The van der Waals surface area contributed by atoms with Crippen molar-refractivity contribution in [2.24, 2.45) is 0 Å². The summed E-state index contributed by atoms with van der Waals surface area (Å²) in [6.07, 6.45) is 0. The fourth-order valence-electron chi connectivity index (χ4n) is 2.55. The van der Waals surface area contributed by atoms with E-state index in [1.165, 1.54) is 56.6 Å². The minimum atomic E-state index is -3.65. The quantitative estimate of drug-likeness (QED) is 0.632. The van der Waals surface area contributed by atoms with Crippen molar-refractivity contribution in [3.63, 3.8) is 0 Å². The number of hydrogen-bond acceptors (Lipinski definition) is 6. The predicted molar refractivity (Wildman–Crippen MR) is 93.0 cm³/mol. The number of sulfonamides is 1. The number of anilines is 1. The minimum Gasteiger partial charge on any atom is -0.399 e. The van der Waals surface area contributed by atoms with Gasteiger partial charge in [0.2, 0.25) is 10.0 Å². The zero-order chi connectivity index (χ0) is 19.2. The number of carbonyl (C=O) groups excluding carboxylic acids is 3. The molecule has 3 amide bonds. The van der Waals surface area contributed by atoms with Crippen LogP contribution in [-0.4, -0.2) is 49.4 Å². The van der Waals surface area contributed by atoms with Crippen molar-refractivity contribution in [2.45, 2.75) is 4.90 Å². The van der Waals surface area contributed by atoms with Gasteiger partial charge in [-0.2, -0.15) is 0 Å². The molecule has 8 nitrogen and oxygen atoms in total. The van der Waals surface area contributed by atoms with Gasteiger partial charge >= 0.3 is 0 Å². The van der Waals surface area contributed by atoms with Gasteiger partial charge in [-0.15, -0.1) is 0 Å². The second-order valence-electron chi connectivity index (χ2n) is 5.87. The molecule has 1 aliphatic rings. The molecule has 0 spiro atoms. The van der Waals surface area contributed by atoms with Gasteiger partial charge in [-0.05, 0) is 42.5 Å². The van der Waals surface area contributed by atoms with Gasteiger partial charge in [-0.1, -0.05) is 0 Å². The molecule has 3 rings (SSSR count). The van der Waals surface area contributed by atoms with Crippen LogP contribution >= 0.6 is 0 Å². The molecular weight excluding hydrogens is 358 g/mol. The minimum absolute atomic E-state index is 0.00538. The zero-order valence-electron chi connectivity index (χ0n) is 14.0. The standard InChI is InChI=1S/C17H15N3O5S/c1-19(2)26(24,25)12-6-3-10(4-7-12)15(21)20-16(22)13-8-5-11(18)9-14(13)17(20)23/h3-9H,18H2,1-2H3. The van der Waals surface area contributed by atoms with Crippen LogP contribution in [0.3, 0.4) is 0 Å². The number of nitrogens with zero attached hydrogens (tertiary/aromatic N) is 2. The Bertz CT molecular complexity index is 1040. The second kappa shape index (κ2) is 6.04. The zero-order valence-corrected chi connectivity index (χ0v) is 14.8. The summed E-state index contributed by atoms with van der Waals surface area (Å²) in [4.78, 5) is 37.9. The first kappa shape index (κ1) is 17.8. The van der Waals surface area contributed by atoms with Crippen molar-refractivity contribution < 1.29 is 22.8 Å². The summed E-state index contributed by atoms with van der Waals surface area (Å²) in [6, 6.07) is 9.23. The molecule has 2 N–H and O–H groups in total. The number of carbonyl (C=O) groups is 3. The van der Waals surface area contributed by atoms with E-state index in [4.69, 9.17) is 5.73 Å². The molecule has 0 radical (unpaired) electrons. The Morgan fingerprint density at radius 2 is 1.54 bits per heavy atom. The van der Waals surface area contributed by atoms with E-state index in [9.17, 15) is 22.8 Å². The molecule has 0 aromatic heterocycles. The van der Waals surface area contributed by atoms with Crippen LogP contribution < -0.4 is 5.73 Å². The van der Waals surface area contributed by atoms with E-state index in [2.05, 4.69) is 0 Å². The monoisotopic (exact) mass is 373 g/mol. The maximum absolute atomic E-state index is 12.6. The molecule has 1 aliphatic heterocycles. The summed E-state index contributed by atoms with van der Waals surface area (Å²) < 4.78 is 25.2. The van der Waals surface area contributed by atoms with Crippen molar-refractivity contribution in [3.8, 4) is 0 Å². The third-order valence-electron chi connectivity index (χ3n) is 3.99. The first-order valence-corrected chi connectivity index (χ1v) is 8.94. The fourth-order valence-corrected chi connectivity index (χ4v) is 3.45. The Balaban J connectivity index is 1.94. The number of imide groups is 3. The molecule has 0 saturated carbocycles. The summed E-state index contributed by atoms with van der Waals surface area (Å²) in [5, 5.41) is 0. The van der Waals surface area contributed by atoms with Crippen molar-refractivity contribution in [1.29, 1.82) is 0 Å². The summed E-state index contributed by atoms with van der Waals surface area (Å²) >= 11 is 0. The van der Waals surface area contributed by atoms with Crippen LogP contribution in [0.15, 0.2) is 47.4 Å². The van der Waals surface area contributed by atoms with Crippen LogP contribution in [0.4, 0.5) is 5.69 Å². The highest BCUT2D eigenvalue weighted by atomic mass is 32.2. The lowest BCUT2D eigenvalue weighted by atomic mass is 10.1. The number of amides is 3. The SMILES string of the molecule is CN(C)S(=O)(=O)c1ccc(C(=O)N2C(=O)c3ccc(N)cc3C2=O)cc1. The van der Waals surface area contributed by atoms with Crippen molar-refractivity contribution in [2.75, 3.05) is 19.8 Å². The van der Waals surface area contributed by atoms with Crippen LogP contribution in [0.5, 0.6) is 0 Å². The van der Waals surface area contributed by atoms with Crippen molar-refractivity contribution >= 4 is 33.4 Å². The Morgan fingerprint density at radius 1 is 0.962 bits per heavy atom. The van der Waals surface area contributed by atoms with E-state index in [0.717, 1.165) is 4.31 Å². The van der Waals surface area contributed by atoms with Gasteiger partial charge in [0.1, 0.15) is 0 Å². The number of nitrogens with two attached hydrogens (primary N) is 1. The first-order valence-electron chi connectivity index (χ1n) is 7.50. The molecule has 0 atom stereocenters. The topological polar surface area (TPSA) is 118 Å². The van der Waals surface area contributed by atoms with E-state index in [-0.39, 0.29) is 21.6 Å². The number of nitrogen functional groups attached to an aromatic ring is 1. The van der Waals surface area contributed by atoms with Gasteiger partial charge < -0.3 is 5.73 Å². The van der Waals surface area contributed by atoms with Gasteiger partial charge in [0.15, 0.2) is 0 Å². The van der Waals surface area contributed by atoms with E-state index < -0.39 is 27.7 Å². The summed E-state index contributed by atoms with van der Waals surface area (Å²) in [5.41, 5.74) is 6.11. The lowest BCUT2D eigenvalue weighted by Crippen LogP contribution is -2.36. The second-order valence-corrected chi connectivity index (χ2v) is 8.02. The van der Waals surface area contributed by atoms with Gasteiger partial charge in [-0.25, -0.2) is 17.6 Å². The first-order chi connectivity index (χ1) is 12.1. The lowest BCUT2D eigenvalue weighted by Gasteiger charge is -2.14. The maximum atomic E-state index is 12.6. The smallest absolute Gasteiger partial charge is 0.268 e. The Morgan fingerprint density at radius 3 is 2.12 bits per heavy atom. The average Bonchev–Trinajstić information content (AvgIpc) is 2.84. The average molecular weight is 373 g/mol. The molecule has 134 valence electrons. The molecule has 9 heteroatoms. The third kappa shape index (κ3) is 2.67. The largest absolute Gasteiger partial charge is 0.399 e. The molecule has 26 heavy (non-hydrogen) atoms. The fraction of sp³-hybridized carbons (Fsp3) is 0.118. The van der Waals surface area contributed by atoms with Crippen LogP contribution in [0.1, 0.15) is 31.1 Å². The highest BCUT2D eigenvalue weighted by Crippen LogP contribution is 2.26. The molecule has 0 bridgehead atoms. The van der Waals surface area contributed by atoms with E-state index in [1.54, 1.807) is 0 Å². The number of rotatable bonds is 3. The van der Waals surface area contributed by atoms with Gasteiger partial charge in [0.25, 0.3) is 17.7 Å². The molecule has 0 unspecified atom stereocenters. The predicted octanol–water partition coefficient (Wildman–Crippen LogP) is 0.956. The summed E-state index contributed by atoms with van der Waals surface area (Å²) in [5.74, 6) is -2.32. The summed E-state index contributed by atoms with van der Waals surface area (Å²) in [6.45, 7) is 0. The highest BCUT2D eigenvalue weighted by Gasteiger charge is 2.40. The number of hydrogen-bond donors (Lipinski definition) is 1. The van der Waals surface area contributed by atoms with Crippen LogP contribution in [0.2, 0.25) is 0 Å². The molecule has 0 fully saturated rings. The Kier molecular flexibility index (Phi) is 4.13. The normalized spacial score (nSPS) is 14.0. The third-order valence-corrected chi connectivity index (χ3v) is 5.82. The van der Waals surface area contributed by atoms with Crippen LogP contribution in [0.25, 0.3) is 0 Å². The van der Waals surface area contributed by atoms with Gasteiger partial charge in [0, 0.05) is 25.3 Å². The lowest BCUT2D eigenvalue weighted by molar-refractivity contribution is 0.0566. The molecule has 2 aromatic carbocycles. The van der Waals surface area contributed by atoms with E-state index in [0.29, 0.717) is 10.6 Å². The van der Waals surface area contributed by atoms with Gasteiger partial charge in [-0.3, -0.25) is 14.4 Å². The highest BCUT2D eigenvalue weighted by molar-refractivity contribution is 7.89. The molecule has 2 aromatic rings. The summed E-state index contributed by atoms with van der Waals surface area (Å²) in [7, 11) is -0.872. The van der Waals surface area contributed by atoms with Crippen molar-refractivity contribution in [3.05, 3.63) is 59.2 Å². The number of fused-ring (bicyclic) bond motifs is 1.